The highest BCUT2D eigenvalue weighted by atomic mass is 16.2. The second-order valence-corrected chi connectivity index (χ2v) is 3.49. The molecule has 0 saturated carbocycles. The molecule has 0 aromatic carbocycles. The lowest BCUT2D eigenvalue weighted by molar-refractivity contribution is -0.137. The molecule has 6 heteroatoms. The third kappa shape index (κ3) is 3.16. The van der Waals surface area contributed by atoms with Gasteiger partial charge in [-0.15, -0.1) is 0 Å². The Morgan fingerprint density at radius 1 is 1.38 bits per heavy atom. The van der Waals surface area contributed by atoms with Gasteiger partial charge >= 0.3 is 0 Å². The first-order chi connectivity index (χ1) is 7.54. The summed E-state index contributed by atoms with van der Waals surface area (Å²) in [4.78, 5) is 34.7. The molecular formula is C10H15N3O3. The van der Waals surface area contributed by atoms with Crippen molar-refractivity contribution in [2.24, 2.45) is 0 Å². The van der Waals surface area contributed by atoms with E-state index in [0.717, 1.165) is 4.90 Å². The van der Waals surface area contributed by atoms with Crippen LogP contribution in [0.3, 0.4) is 0 Å². The van der Waals surface area contributed by atoms with E-state index in [9.17, 15) is 14.4 Å². The number of carbonyl (C=O) groups excluding carboxylic acids is 3. The summed E-state index contributed by atoms with van der Waals surface area (Å²) in [5.41, 5.74) is 0. The Labute approximate surface area is 93.7 Å². The number of carbonyl (C=O) groups is 3. The average molecular weight is 225 g/mol. The van der Waals surface area contributed by atoms with E-state index in [1.165, 1.54) is 12.2 Å². The van der Waals surface area contributed by atoms with Gasteiger partial charge in [0.15, 0.2) is 0 Å². The van der Waals surface area contributed by atoms with Crippen LogP contribution in [0.2, 0.25) is 0 Å². The molecule has 1 aliphatic heterocycles. The first-order valence-corrected chi connectivity index (χ1v) is 5.04. The lowest BCUT2D eigenvalue weighted by Crippen LogP contribution is -2.43. The summed E-state index contributed by atoms with van der Waals surface area (Å²) in [6.45, 7) is 1.92. The quantitative estimate of drug-likeness (QED) is 0.464. The second-order valence-electron chi connectivity index (χ2n) is 3.49. The lowest BCUT2D eigenvalue weighted by atomic mass is 10.3. The maximum absolute atomic E-state index is 11.4. The Kier molecular flexibility index (Phi) is 4.19. The summed E-state index contributed by atoms with van der Waals surface area (Å²) in [5, 5.41) is 5.51. The van der Waals surface area contributed by atoms with Crippen LogP contribution < -0.4 is 10.6 Å². The van der Waals surface area contributed by atoms with Crippen LogP contribution >= 0.6 is 0 Å². The molecule has 0 fully saturated rings. The molecule has 0 aliphatic carbocycles. The van der Waals surface area contributed by atoms with E-state index in [0.29, 0.717) is 0 Å². The molecule has 16 heavy (non-hydrogen) atoms. The van der Waals surface area contributed by atoms with Crippen molar-refractivity contribution < 1.29 is 14.4 Å². The second kappa shape index (κ2) is 5.41. The van der Waals surface area contributed by atoms with Crippen molar-refractivity contribution in [3.05, 3.63) is 12.2 Å². The first kappa shape index (κ1) is 12.4. The highest BCUT2D eigenvalue weighted by molar-refractivity contribution is 6.13. The van der Waals surface area contributed by atoms with Crippen molar-refractivity contribution in [1.82, 2.24) is 15.5 Å². The monoisotopic (exact) mass is 225 g/mol. The Balaban J connectivity index is 2.32. The summed E-state index contributed by atoms with van der Waals surface area (Å²) >= 11 is 0. The minimum absolute atomic E-state index is 0.116. The Bertz CT molecular complexity index is 320. The van der Waals surface area contributed by atoms with Crippen LogP contribution in [0.4, 0.5) is 0 Å². The van der Waals surface area contributed by atoms with E-state index in [2.05, 4.69) is 10.6 Å². The molecule has 1 aliphatic rings. The van der Waals surface area contributed by atoms with Crippen molar-refractivity contribution in [3.8, 4) is 0 Å². The van der Waals surface area contributed by atoms with Gasteiger partial charge in [0.1, 0.15) is 0 Å². The number of nitrogens with zero attached hydrogens (tertiary/aromatic N) is 1. The van der Waals surface area contributed by atoms with Crippen LogP contribution in [0.1, 0.15) is 13.3 Å². The summed E-state index contributed by atoms with van der Waals surface area (Å²) in [5.74, 6) is -0.923. The van der Waals surface area contributed by atoms with Crippen molar-refractivity contribution in [1.29, 1.82) is 0 Å². The number of hydrogen-bond donors (Lipinski definition) is 2. The summed E-state index contributed by atoms with van der Waals surface area (Å²) < 4.78 is 0. The van der Waals surface area contributed by atoms with Crippen LogP contribution in [-0.4, -0.2) is 42.4 Å². The third-order valence-electron chi connectivity index (χ3n) is 2.27. The number of rotatable bonds is 5. The Hall–Kier alpha value is -1.69. The van der Waals surface area contributed by atoms with E-state index in [-0.39, 0.29) is 36.9 Å². The van der Waals surface area contributed by atoms with Gasteiger partial charge in [0.2, 0.25) is 5.91 Å². The number of imide groups is 1. The highest BCUT2D eigenvalue weighted by Gasteiger charge is 2.23. The largest absolute Gasteiger partial charge is 0.341 e. The zero-order valence-corrected chi connectivity index (χ0v) is 9.32. The van der Waals surface area contributed by atoms with Crippen molar-refractivity contribution in [2.75, 3.05) is 13.6 Å². The molecule has 0 spiro atoms. The maximum atomic E-state index is 11.4. The number of nitrogens with one attached hydrogen (secondary N) is 2. The molecule has 0 saturated heterocycles. The van der Waals surface area contributed by atoms with Gasteiger partial charge in [-0.25, -0.2) is 0 Å². The van der Waals surface area contributed by atoms with Gasteiger partial charge in [0.05, 0.1) is 6.17 Å². The molecule has 2 N–H and O–H groups in total. The van der Waals surface area contributed by atoms with Crippen LogP contribution in [0.5, 0.6) is 0 Å². The molecule has 0 bridgehead atoms. The van der Waals surface area contributed by atoms with Gasteiger partial charge in [-0.1, -0.05) is 0 Å². The maximum Gasteiger partial charge on any atom is 0.253 e. The van der Waals surface area contributed by atoms with Gasteiger partial charge in [0.25, 0.3) is 11.8 Å². The van der Waals surface area contributed by atoms with Gasteiger partial charge < -0.3 is 10.6 Å². The Morgan fingerprint density at radius 2 is 1.94 bits per heavy atom. The first-order valence-electron chi connectivity index (χ1n) is 5.04. The topological polar surface area (TPSA) is 78.5 Å². The summed E-state index contributed by atoms with van der Waals surface area (Å²) in [6, 6.07) is 0. The van der Waals surface area contributed by atoms with Crippen LogP contribution in [-0.2, 0) is 14.4 Å². The fourth-order valence-electron chi connectivity index (χ4n) is 1.25. The zero-order chi connectivity index (χ0) is 12.1. The molecular weight excluding hydrogens is 210 g/mol. The predicted molar refractivity (Wildman–Crippen MR) is 57.1 cm³/mol. The molecule has 0 aromatic heterocycles. The molecule has 1 heterocycles. The van der Waals surface area contributed by atoms with E-state index < -0.39 is 0 Å². The molecule has 1 rings (SSSR count). The standard InChI is InChI=1S/C10H15N3O3/c1-7(11-2)12-8(14)5-6-13-9(15)3-4-10(13)16/h3-4,7,11H,5-6H2,1-2H3,(H,12,14). The summed E-state index contributed by atoms with van der Waals surface area (Å²) in [6.07, 6.45) is 2.40. The normalized spacial score (nSPS) is 16.8. The minimum atomic E-state index is -0.362. The lowest BCUT2D eigenvalue weighted by Gasteiger charge is -2.15. The average Bonchev–Trinajstić information content (AvgIpc) is 2.56. The smallest absolute Gasteiger partial charge is 0.253 e. The van der Waals surface area contributed by atoms with Gasteiger partial charge in [0, 0.05) is 25.1 Å². The van der Waals surface area contributed by atoms with E-state index in [1.807, 2.05) is 0 Å². The molecule has 1 unspecified atom stereocenters. The van der Waals surface area contributed by atoms with Crippen LogP contribution in [0.25, 0.3) is 0 Å². The Morgan fingerprint density at radius 3 is 2.44 bits per heavy atom. The van der Waals surface area contributed by atoms with Crippen molar-refractivity contribution in [2.45, 2.75) is 19.5 Å². The van der Waals surface area contributed by atoms with E-state index in [4.69, 9.17) is 0 Å². The molecule has 1 atom stereocenters. The van der Waals surface area contributed by atoms with Gasteiger partial charge in [-0.05, 0) is 14.0 Å². The van der Waals surface area contributed by atoms with Crippen molar-refractivity contribution in [3.63, 3.8) is 0 Å². The SMILES string of the molecule is CNC(C)NC(=O)CCN1C(=O)C=CC1=O. The number of hydrogen-bond acceptors (Lipinski definition) is 4. The fourth-order valence-corrected chi connectivity index (χ4v) is 1.25. The minimum Gasteiger partial charge on any atom is -0.341 e. The van der Waals surface area contributed by atoms with Crippen LogP contribution in [0, 0.1) is 0 Å². The molecule has 3 amide bonds. The summed E-state index contributed by atoms with van der Waals surface area (Å²) in [7, 11) is 1.72. The van der Waals surface area contributed by atoms with Crippen LogP contribution in [0.15, 0.2) is 12.2 Å². The van der Waals surface area contributed by atoms with E-state index >= 15 is 0 Å². The molecule has 0 radical (unpaired) electrons. The molecule has 0 aromatic rings. The van der Waals surface area contributed by atoms with E-state index in [1.54, 1.807) is 14.0 Å². The number of amides is 3. The molecule has 88 valence electrons. The highest BCUT2D eigenvalue weighted by Crippen LogP contribution is 2.03. The third-order valence-corrected chi connectivity index (χ3v) is 2.27. The van der Waals surface area contributed by atoms with Crippen molar-refractivity contribution >= 4 is 17.7 Å². The molecule has 6 nitrogen and oxygen atoms in total. The van der Waals surface area contributed by atoms with Gasteiger partial charge in [-0.2, -0.15) is 0 Å². The predicted octanol–water partition coefficient (Wildman–Crippen LogP) is -1.02. The van der Waals surface area contributed by atoms with Gasteiger partial charge in [-0.3, -0.25) is 19.3 Å². The zero-order valence-electron chi connectivity index (χ0n) is 9.32. The fraction of sp³-hybridized carbons (Fsp3) is 0.500.